The lowest BCUT2D eigenvalue weighted by molar-refractivity contribution is 0.0320. The Hall–Kier alpha value is -0.0800. The highest BCUT2D eigenvalue weighted by atomic mass is 127. The monoisotopic (exact) mass is 356 g/mol. The predicted molar refractivity (Wildman–Crippen MR) is 82.3 cm³/mol. The highest BCUT2D eigenvalue weighted by Gasteiger charge is 2.13. The summed E-state index contributed by atoms with van der Waals surface area (Å²) in [4.78, 5) is 6.54. The van der Waals surface area contributed by atoms with Crippen LogP contribution in [0, 0.1) is 5.92 Å². The maximum absolute atomic E-state index is 5.33. The average Bonchev–Trinajstić information content (AvgIpc) is 2.31. The molecule has 1 saturated heterocycles. The van der Waals surface area contributed by atoms with Crippen LogP contribution < -0.4 is 10.6 Å². The Morgan fingerprint density at radius 3 is 2.59 bits per heavy atom. The number of nitrogens with one attached hydrogen (secondary N) is 2. The van der Waals surface area contributed by atoms with Crippen molar-refractivity contribution in [3.05, 3.63) is 0 Å². The van der Waals surface area contributed by atoms with E-state index in [0.717, 1.165) is 45.4 Å². The van der Waals surface area contributed by atoms with Gasteiger partial charge in [0.05, 0.1) is 13.2 Å². The molecule has 0 saturated carbocycles. The Morgan fingerprint density at radius 1 is 1.41 bits per heavy atom. The summed E-state index contributed by atoms with van der Waals surface area (Å²) in [6.07, 6.45) is 0. The van der Waals surface area contributed by atoms with Crippen LogP contribution in [0.3, 0.4) is 0 Å². The first-order valence-corrected chi connectivity index (χ1v) is 5.94. The first-order chi connectivity index (χ1) is 7.76. The molecule has 1 fully saturated rings. The summed E-state index contributed by atoms with van der Waals surface area (Å²) in [7, 11) is 3.66. The second-order valence-electron chi connectivity index (χ2n) is 4.22. The van der Waals surface area contributed by atoms with Gasteiger partial charge in [0.15, 0.2) is 5.96 Å². The Labute approximate surface area is 121 Å². The fraction of sp³-hybridized carbons (Fsp3) is 0.909. The predicted octanol–water partition coefficient (Wildman–Crippen LogP) is 0.367. The van der Waals surface area contributed by atoms with Crippen molar-refractivity contribution in [2.45, 2.75) is 6.92 Å². The van der Waals surface area contributed by atoms with Crippen molar-refractivity contribution in [2.24, 2.45) is 10.9 Å². The van der Waals surface area contributed by atoms with Gasteiger partial charge >= 0.3 is 0 Å². The van der Waals surface area contributed by atoms with Gasteiger partial charge in [0, 0.05) is 40.3 Å². The summed E-state index contributed by atoms with van der Waals surface area (Å²) in [5.74, 6) is 1.47. The average molecular weight is 356 g/mol. The van der Waals surface area contributed by atoms with Gasteiger partial charge in [0.25, 0.3) is 0 Å². The summed E-state index contributed by atoms with van der Waals surface area (Å²) < 4.78 is 5.33. The number of ether oxygens (including phenoxy) is 1. The zero-order valence-electron chi connectivity index (χ0n) is 11.0. The van der Waals surface area contributed by atoms with Crippen molar-refractivity contribution in [1.82, 2.24) is 15.5 Å². The Kier molecular flexibility index (Phi) is 9.85. The molecule has 0 spiro atoms. The maximum atomic E-state index is 5.33. The molecule has 1 aliphatic heterocycles. The van der Waals surface area contributed by atoms with E-state index in [9.17, 15) is 0 Å². The van der Waals surface area contributed by atoms with E-state index in [1.165, 1.54) is 0 Å². The second kappa shape index (κ2) is 9.90. The molecule has 1 atom stereocenters. The molecular weight excluding hydrogens is 331 g/mol. The standard InChI is InChI=1S/C11H24N4O.HI/c1-10(8-14-11(12-2)13-3)9-15-4-6-16-7-5-15;/h10H,4-9H2,1-3H3,(H2,12,13,14);1H. The van der Waals surface area contributed by atoms with Crippen LogP contribution in [-0.4, -0.2) is 64.3 Å². The third kappa shape index (κ3) is 7.05. The Balaban J connectivity index is 0.00000256. The summed E-state index contributed by atoms with van der Waals surface area (Å²) in [6, 6.07) is 0. The molecular formula is C11H25IN4O. The lowest BCUT2D eigenvalue weighted by Gasteiger charge is -2.29. The molecule has 1 aliphatic rings. The van der Waals surface area contributed by atoms with Crippen LogP contribution in [0.15, 0.2) is 4.99 Å². The van der Waals surface area contributed by atoms with E-state index in [0.29, 0.717) is 5.92 Å². The first kappa shape index (κ1) is 16.9. The van der Waals surface area contributed by atoms with Crippen molar-refractivity contribution in [2.75, 3.05) is 53.5 Å². The summed E-state index contributed by atoms with van der Waals surface area (Å²) >= 11 is 0. The van der Waals surface area contributed by atoms with Gasteiger partial charge in [-0.2, -0.15) is 0 Å². The first-order valence-electron chi connectivity index (χ1n) is 5.94. The number of halogens is 1. The number of hydrogen-bond donors (Lipinski definition) is 2. The van der Waals surface area contributed by atoms with Crippen LogP contribution in [-0.2, 0) is 4.74 Å². The minimum absolute atomic E-state index is 0. The van der Waals surface area contributed by atoms with Gasteiger partial charge in [-0.05, 0) is 5.92 Å². The van der Waals surface area contributed by atoms with E-state index in [1.807, 2.05) is 7.05 Å². The molecule has 0 radical (unpaired) electrons. The van der Waals surface area contributed by atoms with Gasteiger partial charge in [-0.25, -0.2) is 0 Å². The number of hydrogen-bond acceptors (Lipinski definition) is 3. The molecule has 2 N–H and O–H groups in total. The molecule has 5 nitrogen and oxygen atoms in total. The van der Waals surface area contributed by atoms with E-state index < -0.39 is 0 Å². The lowest BCUT2D eigenvalue weighted by Crippen LogP contribution is -2.43. The summed E-state index contributed by atoms with van der Waals surface area (Å²) in [5, 5.41) is 6.31. The summed E-state index contributed by atoms with van der Waals surface area (Å²) in [5.41, 5.74) is 0. The molecule has 1 unspecified atom stereocenters. The fourth-order valence-corrected chi connectivity index (χ4v) is 1.84. The molecule has 0 amide bonds. The zero-order valence-corrected chi connectivity index (χ0v) is 13.4. The van der Waals surface area contributed by atoms with Gasteiger partial charge in [0.2, 0.25) is 0 Å². The van der Waals surface area contributed by atoms with Crippen molar-refractivity contribution < 1.29 is 4.74 Å². The van der Waals surface area contributed by atoms with E-state index in [2.05, 4.69) is 27.4 Å². The van der Waals surface area contributed by atoms with Crippen LogP contribution in [0.25, 0.3) is 0 Å². The Morgan fingerprint density at radius 2 is 2.06 bits per heavy atom. The van der Waals surface area contributed by atoms with E-state index in [1.54, 1.807) is 7.05 Å². The molecule has 0 aromatic carbocycles. The lowest BCUT2D eigenvalue weighted by atomic mass is 10.1. The molecule has 1 rings (SSSR count). The van der Waals surface area contributed by atoms with E-state index in [-0.39, 0.29) is 24.0 Å². The van der Waals surface area contributed by atoms with Gasteiger partial charge in [-0.1, -0.05) is 6.92 Å². The van der Waals surface area contributed by atoms with Crippen LogP contribution in [0.5, 0.6) is 0 Å². The molecule has 0 aromatic heterocycles. The number of morpholine rings is 1. The Bertz CT molecular complexity index is 220. The highest BCUT2D eigenvalue weighted by Crippen LogP contribution is 2.02. The van der Waals surface area contributed by atoms with Crippen LogP contribution in [0.4, 0.5) is 0 Å². The second-order valence-corrected chi connectivity index (χ2v) is 4.22. The van der Waals surface area contributed by atoms with Crippen LogP contribution >= 0.6 is 24.0 Å². The van der Waals surface area contributed by atoms with Gasteiger partial charge in [-0.15, -0.1) is 24.0 Å². The van der Waals surface area contributed by atoms with Crippen LogP contribution in [0.2, 0.25) is 0 Å². The van der Waals surface area contributed by atoms with Gasteiger partial charge in [-0.3, -0.25) is 9.89 Å². The molecule has 0 bridgehead atoms. The van der Waals surface area contributed by atoms with Crippen molar-refractivity contribution in [1.29, 1.82) is 0 Å². The summed E-state index contributed by atoms with van der Waals surface area (Å²) in [6.45, 7) is 8.19. The van der Waals surface area contributed by atoms with Crippen molar-refractivity contribution >= 4 is 29.9 Å². The van der Waals surface area contributed by atoms with Crippen LogP contribution in [0.1, 0.15) is 6.92 Å². The van der Waals surface area contributed by atoms with E-state index in [4.69, 9.17) is 4.74 Å². The SMILES string of the molecule is CN=C(NC)NCC(C)CN1CCOCC1.I. The number of aliphatic imine (C=N–C) groups is 1. The quantitative estimate of drug-likeness (QED) is 0.434. The third-order valence-electron chi connectivity index (χ3n) is 2.75. The maximum Gasteiger partial charge on any atom is 0.190 e. The smallest absolute Gasteiger partial charge is 0.190 e. The number of rotatable bonds is 4. The van der Waals surface area contributed by atoms with Crippen molar-refractivity contribution in [3.8, 4) is 0 Å². The van der Waals surface area contributed by atoms with Gasteiger partial charge < -0.3 is 15.4 Å². The molecule has 102 valence electrons. The minimum Gasteiger partial charge on any atom is -0.379 e. The fourth-order valence-electron chi connectivity index (χ4n) is 1.84. The van der Waals surface area contributed by atoms with Gasteiger partial charge in [0.1, 0.15) is 0 Å². The topological polar surface area (TPSA) is 48.9 Å². The molecule has 17 heavy (non-hydrogen) atoms. The zero-order chi connectivity index (χ0) is 11.8. The minimum atomic E-state index is 0. The third-order valence-corrected chi connectivity index (χ3v) is 2.75. The normalized spacial score (nSPS) is 19.4. The molecule has 0 aromatic rings. The number of guanidine groups is 1. The highest BCUT2D eigenvalue weighted by molar-refractivity contribution is 14.0. The molecule has 0 aliphatic carbocycles. The largest absolute Gasteiger partial charge is 0.379 e. The van der Waals surface area contributed by atoms with Crippen molar-refractivity contribution in [3.63, 3.8) is 0 Å². The number of nitrogens with zero attached hydrogens (tertiary/aromatic N) is 2. The molecule has 6 heteroatoms. The molecule has 1 heterocycles. The van der Waals surface area contributed by atoms with E-state index >= 15 is 0 Å².